The van der Waals surface area contributed by atoms with Gasteiger partial charge in [-0.15, -0.1) is 0 Å². The Morgan fingerprint density at radius 2 is 1.52 bits per heavy atom. The molecular formula is C22H15FO3S. The molecule has 134 valence electrons. The maximum atomic E-state index is 13.5. The number of ether oxygens (including phenoxy) is 1. The fourth-order valence-corrected chi connectivity index (χ4v) is 5.78. The van der Waals surface area contributed by atoms with Crippen LogP contribution in [-0.2, 0) is 15.5 Å². The van der Waals surface area contributed by atoms with Crippen molar-refractivity contribution in [3.63, 3.8) is 0 Å². The molecule has 2 aliphatic heterocycles. The highest BCUT2D eigenvalue weighted by Crippen LogP contribution is 2.62. The minimum Gasteiger partial charge on any atom is -0.350 e. The molecule has 0 aromatic heterocycles. The second-order valence-corrected chi connectivity index (χ2v) is 8.26. The van der Waals surface area contributed by atoms with Crippen LogP contribution in [0.2, 0.25) is 0 Å². The monoisotopic (exact) mass is 378 g/mol. The number of hydrogen-bond donors (Lipinski definition) is 0. The van der Waals surface area contributed by atoms with Crippen LogP contribution in [0.4, 0.5) is 4.39 Å². The summed E-state index contributed by atoms with van der Waals surface area (Å²) >= 11 is 0. The highest BCUT2D eigenvalue weighted by molar-refractivity contribution is 7.85. The summed E-state index contributed by atoms with van der Waals surface area (Å²) in [7, 11) is -1.45. The SMILES string of the molecule is O=C1c2ccccc2S(=O)[C@H](c2ccccc2)[C@]12O[C@H]2c1ccc(F)cc1. The summed E-state index contributed by atoms with van der Waals surface area (Å²) in [6.07, 6.45) is -0.548. The van der Waals surface area contributed by atoms with E-state index in [0.29, 0.717) is 16.0 Å². The first-order valence-electron chi connectivity index (χ1n) is 8.65. The van der Waals surface area contributed by atoms with E-state index in [-0.39, 0.29) is 11.6 Å². The topological polar surface area (TPSA) is 46.7 Å². The molecule has 0 bridgehead atoms. The van der Waals surface area contributed by atoms with Gasteiger partial charge in [-0.3, -0.25) is 9.00 Å². The molecule has 3 aromatic rings. The lowest BCUT2D eigenvalue weighted by molar-refractivity contribution is 0.0859. The van der Waals surface area contributed by atoms with Crippen LogP contribution in [0.5, 0.6) is 0 Å². The lowest BCUT2D eigenvalue weighted by Gasteiger charge is -2.30. The second-order valence-electron chi connectivity index (χ2n) is 6.76. The van der Waals surface area contributed by atoms with Gasteiger partial charge in [0, 0.05) is 5.56 Å². The predicted molar refractivity (Wildman–Crippen MR) is 99.3 cm³/mol. The Hall–Kier alpha value is -2.63. The Kier molecular flexibility index (Phi) is 3.64. The molecular weight excluding hydrogens is 363 g/mol. The second kappa shape index (κ2) is 5.94. The normalized spacial score (nSPS) is 28.8. The Balaban J connectivity index is 1.69. The molecule has 0 N–H and O–H groups in total. The number of benzene rings is 3. The highest BCUT2D eigenvalue weighted by Gasteiger charge is 2.71. The highest BCUT2D eigenvalue weighted by atomic mass is 32.2. The van der Waals surface area contributed by atoms with Crippen molar-refractivity contribution in [1.29, 1.82) is 0 Å². The molecule has 5 rings (SSSR count). The fraction of sp³-hybridized carbons (Fsp3) is 0.136. The molecule has 3 aromatic carbocycles. The molecule has 3 nitrogen and oxygen atoms in total. The predicted octanol–water partition coefficient (Wildman–Crippen LogP) is 4.38. The van der Waals surface area contributed by atoms with E-state index in [1.54, 1.807) is 36.4 Å². The summed E-state index contributed by atoms with van der Waals surface area (Å²) in [5, 5.41) is -0.615. The minimum atomic E-state index is -1.45. The summed E-state index contributed by atoms with van der Waals surface area (Å²) in [4.78, 5) is 14.0. The fourth-order valence-electron chi connectivity index (χ4n) is 3.93. The van der Waals surface area contributed by atoms with Crippen molar-refractivity contribution in [2.45, 2.75) is 21.9 Å². The van der Waals surface area contributed by atoms with E-state index in [1.165, 1.54) is 12.1 Å². The van der Waals surface area contributed by atoms with E-state index in [0.717, 1.165) is 5.56 Å². The smallest absolute Gasteiger partial charge is 0.200 e. The van der Waals surface area contributed by atoms with Gasteiger partial charge in [0.15, 0.2) is 5.60 Å². The number of fused-ring (bicyclic) bond motifs is 1. The van der Waals surface area contributed by atoms with Gasteiger partial charge in [0.2, 0.25) is 5.78 Å². The van der Waals surface area contributed by atoms with Crippen molar-refractivity contribution in [1.82, 2.24) is 0 Å². The zero-order valence-corrected chi connectivity index (χ0v) is 15.0. The number of Topliss-reactive ketones (excluding diaryl/α,β-unsaturated/α-hetero) is 1. The van der Waals surface area contributed by atoms with E-state index < -0.39 is 27.8 Å². The van der Waals surface area contributed by atoms with Crippen molar-refractivity contribution < 1.29 is 18.1 Å². The van der Waals surface area contributed by atoms with E-state index in [9.17, 15) is 13.4 Å². The maximum Gasteiger partial charge on any atom is 0.200 e. The Morgan fingerprint density at radius 1 is 0.852 bits per heavy atom. The molecule has 0 amide bonds. The van der Waals surface area contributed by atoms with Crippen LogP contribution in [0.3, 0.4) is 0 Å². The van der Waals surface area contributed by atoms with Gasteiger partial charge in [-0.2, -0.15) is 0 Å². The van der Waals surface area contributed by atoms with Crippen LogP contribution < -0.4 is 0 Å². The zero-order chi connectivity index (χ0) is 18.6. The van der Waals surface area contributed by atoms with E-state index in [1.807, 2.05) is 30.3 Å². The van der Waals surface area contributed by atoms with E-state index in [4.69, 9.17) is 4.74 Å². The largest absolute Gasteiger partial charge is 0.350 e. The van der Waals surface area contributed by atoms with E-state index in [2.05, 4.69) is 0 Å². The molecule has 1 saturated heterocycles. The lowest BCUT2D eigenvalue weighted by Crippen LogP contribution is -2.40. The van der Waals surface area contributed by atoms with Crippen molar-refractivity contribution in [3.8, 4) is 0 Å². The third-order valence-electron chi connectivity index (χ3n) is 5.23. The van der Waals surface area contributed by atoms with Gasteiger partial charge in [0.1, 0.15) is 17.2 Å². The Labute approximate surface area is 158 Å². The third kappa shape index (κ3) is 2.35. The molecule has 0 radical (unpaired) electrons. The Morgan fingerprint density at radius 3 is 2.26 bits per heavy atom. The molecule has 0 saturated carbocycles. The average Bonchev–Trinajstić information content (AvgIpc) is 3.44. The van der Waals surface area contributed by atoms with Crippen molar-refractivity contribution in [3.05, 3.63) is 101 Å². The minimum absolute atomic E-state index is 0.166. The lowest BCUT2D eigenvalue weighted by atomic mass is 9.85. The van der Waals surface area contributed by atoms with Crippen molar-refractivity contribution >= 4 is 16.6 Å². The number of epoxide rings is 1. The number of ketones is 1. The molecule has 2 aliphatic rings. The first-order chi connectivity index (χ1) is 13.1. The van der Waals surface area contributed by atoms with Gasteiger partial charge in [-0.1, -0.05) is 60.7 Å². The maximum absolute atomic E-state index is 13.5. The molecule has 2 heterocycles. The van der Waals surface area contributed by atoms with Gasteiger partial charge in [-0.25, -0.2) is 4.39 Å². The molecule has 1 unspecified atom stereocenters. The molecule has 5 heteroatoms. The molecule has 27 heavy (non-hydrogen) atoms. The van der Waals surface area contributed by atoms with Crippen LogP contribution in [0.15, 0.2) is 83.8 Å². The van der Waals surface area contributed by atoms with Gasteiger partial charge in [-0.05, 0) is 29.3 Å². The number of hydrogen-bond acceptors (Lipinski definition) is 3. The number of carbonyl (C=O) groups excluding carboxylic acids is 1. The van der Waals surface area contributed by atoms with Gasteiger partial charge in [0.05, 0.1) is 15.7 Å². The van der Waals surface area contributed by atoms with Gasteiger partial charge >= 0.3 is 0 Å². The quantitative estimate of drug-likeness (QED) is 0.622. The van der Waals surface area contributed by atoms with Gasteiger partial charge < -0.3 is 4.74 Å². The first-order valence-corrected chi connectivity index (χ1v) is 9.87. The van der Waals surface area contributed by atoms with Crippen LogP contribution in [0.1, 0.15) is 32.8 Å². The summed E-state index contributed by atoms with van der Waals surface area (Å²) in [6, 6.07) is 22.3. The van der Waals surface area contributed by atoms with Crippen LogP contribution in [0, 0.1) is 5.82 Å². The number of rotatable bonds is 2. The summed E-state index contributed by atoms with van der Waals surface area (Å²) in [5.74, 6) is -0.516. The molecule has 1 fully saturated rings. The average molecular weight is 378 g/mol. The van der Waals surface area contributed by atoms with Crippen LogP contribution in [-0.4, -0.2) is 15.6 Å². The Bertz CT molecular complexity index is 1060. The van der Waals surface area contributed by atoms with Crippen molar-refractivity contribution in [2.75, 3.05) is 0 Å². The summed E-state index contributed by atoms with van der Waals surface area (Å²) in [6.45, 7) is 0. The summed E-state index contributed by atoms with van der Waals surface area (Å²) < 4.78 is 32.8. The molecule has 0 aliphatic carbocycles. The number of carbonyl (C=O) groups is 1. The van der Waals surface area contributed by atoms with Crippen LogP contribution in [0.25, 0.3) is 0 Å². The van der Waals surface area contributed by atoms with Gasteiger partial charge in [0.25, 0.3) is 0 Å². The summed E-state index contributed by atoms with van der Waals surface area (Å²) in [5.41, 5.74) is 0.719. The molecule has 1 spiro atoms. The van der Waals surface area contributed by atoms with E-state index >= 15 is 0 Å². The van der Waals surface area contributed by atoms with Crippen LogP contribution >= 0.6 is 0 Å². The standard InChI is InChI=1S/C22H15FO3S/c23-16-12-10-14(11-13-16)20-22(26-20)19(24)17-8-4-5-9-18(17)27(25)21(22)15-6-2-1-3-7-15/h1-13,20-21H/t20-,21+,22-,27?/m0/s1. The molecule has 4 atom stereocenters. The number of halogens is 1. The third-order valence-corrected chi connectivity index (χ3v) is 7.07. The zero-order valence-electron chi connectivity index (χ0n) is 14.2. The first kappa shape index (κ1) is 16.5. The van der Waals surface area contributed by atoms with Crippen molar-refractivity contribution in [2.24, 2.45) is 0 Å².